The maximum Gasteiger partial charge on any atom is 0.137 e. The maximum atomic E-state index is 13.4. The second-order valence-electron chi connectivity index (χ2n) is 2.91. The molecule has 2 aromatic rings. The van der Waals surface area contributed by atoms with Crippen LogP contribution in [-0.4, -0.2) is 12.0 Å². The van der Waals surface area contributed by atoms with Crippen molar-refractivity contribution in [3.05, 3.63) is 35.2 Å². The number of benzene rings is 1. The van der Waals surface area contributed by atoms with Gasteiger partial charge in [-0.05, 0) is 12.1 Å². The van der Waals surface area contributed by atoms with Gasteiger partial charge in [0.1, 0.15) is 22.5 Å². The van der Waals surface area contributed by atoms with E-state index in [9.17, 15) is 8.78 Å². The predicted molar refractivity (Wildman–Crippen MR) is 57.0 cm³/mol. The lowest BCUT2D eigenvalue weighted by Gasteiger charge is -1.98. The van der Waals surface area contributed by atoms with Gasteiger partial charge in [-0.2, -0.15) is 0 Å². The van der Waals surface area contributed by atoms with Crippen LogP contribution in [0.1, 0.15) is 0 Å². The number of hydrogen-bond acceptors (Lipinski definition) is 3. The summed E-state index contributed by atoms with van der Waals surface area (Å²) in [6.45, 7) is 0. The van der Waals surface area contributed by atoms with Gasteiger partial charge in [0, 0.05) is 24.1 Å². The number of thiazole rings is 1. The molecule has 2 nitrogen and oxygen atoms in total. The van der Waals surface area contributed by atoms with Crippen LogP contribution in [-0.2, 0) is 0 Å². The molecule has 0 bridgehead atoms. The van der Waals surface area contributed by atoms with Gasteiger partial charge in [-0.25, -0.2) is 13.8 Å². The van der Waals surface area contributed by atoms with Crippen molar-refractivity contribution in [3.8, 4) is 10.6 Å². The minimum atomic E-state index is -0.591. The Morgan fingerprint density at radius 1 is 1.33 bits per heavy atom. The number of halogens is 2. The molecule has 0 amide bonds. The highest BCUT2D eigenvalue weighted by atomic mass is 32.1. The Kier molecular flexibility index (Phi) is 2.64. The Morgan fingerprint density at radius 2 is 2.13 bits per heavy atom. The third-order valence-electron chi connectivity index (χ3n) is 1.92. The highest BCUT2D eigenvalue weighted by Gasteiger charge is 2.09. The first-order chi connectivity index (χ1) is 7.20. The Morgan fingerprint density at radius 3 is 2.73 bits per heavy atom. The second-order valence-corrected chi connectivity index (χ2v) is 3.77. The molecule has 0 fully saturated rings. The van der Waals surface area contributed by atoms with E-state index in [1.807, 2.05) is 0 Å². The topological polar surface area (TPSA) is 24.9 Å². The molecule has 0 aliphatic carbocycles. The van der Waals surface area contributed by atoms with Gasteiger partial charge in [0.05, 0.1) is 0 Å². The van der Waals surface area contributed by atoms with Gasteiger partial charge in [-0.1, -0.05) is 0 Å². The van der Waals surface area contributed by atoms with E-state index in [1.165, 1.54) is 23.5 Å². The zero-order valence-corrected chi connectivity index (χ0v) is 8.74. The summed E-state index contributed by atoms with van der Waals surface area (Å²) in [5, 5.41) is 5.17. The molecule has 1 aromatic carbocycles. The Hall–Kier alpha value is -1.49. The van der Waals surface area contributed by atoms with Gasteiger partial charge >= 0.3 is 0 Å². The van der Waals surface area contributed by atoms with Gasteiger partial charge in [0.2, 0.25) is 0 Å². The number of hydrogen-bond donors (Lipinski definition) is 1. The minimum absolute atomic E-state index is 0.322. The van der Waals surface area contributed by atoms with Crippen molar-refractivity contribution in [1.29, 1.82) is 0 Å². The fourth-order valence-corrected chi connectivity index (χ4v) is 2.01. The molecule has 0 saturated heterocycles. The van der Waals surface area contributed by atoms with E-state index in [0.29, 0.717) is 16.4 Å². The third-order valence-corrected chi connectivity index (χ3v) is 2.80. The summed E-state index contributed by atoms with van der Waals surface area (Å²) in [4.78, 5) is 4.13. The number of nitrogens with one attached hydrogen (secondary N) is 1. The van der Waals surface area contributed by atoms with Crippen LogP contribution in [0.2, 0.25) is 0 Å². The first-order valence-corrected chi connectivity index (χ1v) is 5.17. The van der Waals surface area contributed by atoms with Crippen LogP contribution in [0.25, 0.3) is 10.6 Å². The van der Waals surface area contributed by atoms with E-state index in [-0.39, 0.29) is 0 Å². The lowest BCUT2D eigenvalue weighted by molar-refractivity contribution is 0.585. The van der Waals surface area contributed by atoms with Crippen LogP contribution in [0.4, 0.5) is 14.6 Å². The lowest BCUT2D eigenvalue weighted by atomic mass is 10.2. The van der Waals surface area contributed by atoms with E-state index in [0.717, 1.165) is 6.07 Å². The van der Waals surface area contributed by atoms with Crippen molar-refractivity contribution in [1.82, 2.24) is 4.98 Å². The van der Waals surface area contributed by atoms with Crippen LogP contribution in [0.3, 0.4) is 0 Å². The average molecular weight is 226 g/mol. The fraction of sp³-hybridized carbons (Fsp3) is 0.100. The standard InChI is InChI=1S/C10H8F2N2S/c1-13-9-5-15-10(14-9)7-3-2-6(11)4-8(7)12/h2-5,13H,1H3. The summed E-state index contributed by atoms with van der Waals surface area (Å²) >= 11 is 1.31. The van der Waals surface area contributed by atoms with E-state index in [1.54, 1.807) is 12.4 Å². The average Bonchev–Trinajstić information content (AvgIpc) is 2.66. The molecule has 5 heteroatoms. The Labute approximate surface area is 89.6 Å². The zero-order chi connectivity index (χ0) is 10.8. The van der Waals surface area contributed by atoms with Gasteiger partial charge in [-0.15, -0.1) is 11.3 Å². The Balaban J connectivity index is 2.44. The number of nitrogens with zero attached hydrogens (tertiary/aromatic N) is 1. The van der Waals surface area contributed by atoms with E-state index >= 15 is 0 Å². The van der Waals surface area contributed by atoms with Crippen molar-refractivity contribution in [2.45, 2.75) is 0 Å². The highest BCUT2D eigenvalue weighted by Crippen LogP contribution is 2.28. The molecule has 0 aliphatic rings. The summed E-state index contributed by atoms with van der Waals surface area (Å²) in [5.74, 6) is -0.493. The van der Waals surface area contributed by atoms with Gasteiger partial charge in [0.15, 0.2) is 0 Å². The van der Waals surface area contributed by atoms with Crippen LogP contribution >= 0.6 is 11.3 Å². The van der Waals surface area contributed by atoms with Crippen molar-refractivity contribution < 1.29 is 8.78 Å². The normalized spacial score (nSPS) is 10.3. The number of anilines is 1. The lowest BCUT2D eigenvalue weighted by Crippen LogP contribution is -1.89. The van der Waals surface area contributed by atoms with Gasteiger partial charge in [0.25, 0.3) is 0 Å². The molecule has 0 atom stereocenters. The first kappa shape index (κ1) is 10.0. The molecule has 0 radical (unpaired) electrons. The SMILES string of the molecule is CNc1csc(-c2ccc(F)cc2F)n1. The summed E-state index contributed by atoms with van der Waals surface area (Å²) in [5.41, 5.74) is 0.322. The zero-order valence-electron chi connectivity index (χ0n) is 7.92. The van der Waals surface area contributed by atoms with E-state index in [4.69, 9.17) is 0 Å². The molecular weight excluding hydrogens is 218 g/mol. The summed E-state index contributed by atoms with van der Waals surface area (Å²) in [7, 11) is 1.74. The minimum Gasteiger partial charge on any atom is -0.372 e. The molecule has 0 saturated carbocycles. The number of rotatable bonds is 2. The summed E-state index contributed by atoms with van der Waals surface area (Å²) in [6, 6.07) is 3.47. The maximum absolute atomic E-state index is 13.4. The molecule has 15 heavy (non-hydrogen) atoms. The molecule has 0 aliphatic heterocycles. The smallest absolute Gasteiger partial charge is 0.137 e. The van der Waals surface area contributed by atoms with Gasteiger partial charge in [-0.3, -0.25) is 0 Å². The van der Waals surface area contributed by atoms with E-state index in [2.05, 4.69) is 10.3 Å². The van der Waals surface area contributed by atoms with Crippen LogP contribution in [0, 0.1) is 11.6 Å². The summed E-state index contributed by atoms with van der Waals surface area (Å²) < 4.78 is 26.0. The van der Waals surface area contributed by atoms with Crippen molar-refractivity contribution in [2.24, 2.45) is 0 Å². The molecule has 78 valence electrons. The predicted octanol–water partition coefficient (Wildman–Crippen LogP) is 3.13. The van der Waals surface area contributed by atoms with Crippen molar-refractivity contribution in [3.63, 3.8) is 0 Å². The molecule has 0 spiro atoms. The molecular formula is C10H8F2N2S. The molecule has 1 aromatic heterocycles. The molecule has 1 heterocycles. The first-order valence-electron chi connectivity index (χ1n) is 4.29. The molecule has 2 rings (SSSR count). The number of aromatic nitrogens is 1. The van der Waals surface area contributed by atoms with Gasteiger partial charge < -0.3 is 5.32 Å². The van der Waals surface area contributed by atoms with Crippen LogP contribution in [0.15, 0.2) is 23.6 Å². The highest BCUT2D eigenvalue weighted by molar-refractivity contribution is 7.13. The van der Waals surface area contributed by atoms with Crippen LogP contribution in [0.5, 0.6) is 0 Å². The molecule has 0 unspecified atom stereocenters. The third kappa shape index (κ3) is 1.97. The quantitative estimate of drug-likeness (QED) is 0.851. The Bertz CT molecular complexity index is 482. The fourth-order valence-electron chi connectivity index (χ4n) is 1.18. The monoisotopic (exact) mass is 226 g/mol. The molecule has 1 N–H and O–H groups in total. The van der Waals surface area contributed by atoms with Crippen molar-refractivity contribution in [2.75, 3.05) is 12.4 Å². The summed E-state index contributed by atoms with van der Waals surface area (Å²) in [6.07, 6.45) is 0. The second kappa shape index (κ2) is 3.94. The largest absolute Gasteiger partial charge is 0.372 e. The van der Waals surface area contributed by atoms with E-state index < -0.39 is 11.6 Å². The van der Waals surface area contributed by atoms with Crippen LogP contribution < -0.4 is 5.32 Å². The van der Waals surface area contributed by atoms with Crippen molar-refractivity contribution >= 4 is 17.2 Å².